The summed E-state index contributed by atoms with van der Waals surface area (Å²) in [5.41, 5.74) is 7.26. The third-order valence-electron chi connectivity index (χ3n) is 4.83. The number of aromatic nitrogens is 2. The zero-order valence-corrected chi connectivity index (χ0v) is 17.0. The van der Waals surface area contributed by atoms with E-state index >= 15 is 0 Å². The summed E-state index contributed by atoms with van der Waals surface area (Å²) in [5, 5.41) is 12.3. The van der Waals surface area contributed by atoms with E-state index in [0.29, 0.717) is 24.7 Å². The molecule has 0 aliphatic carbocycles. The minimum absolute atomic E-state index is 0.210. The molecular formula is C21H28N6O2. The highest BCUT2D eigenvalue weighted by atomic mass is 16.5. The molecule has 1 aromatic carbocycles. The van der Waals surface area contributed by atoms with Crippen LogP contribution in [-0.4, -0.2) is 47.2 Å². The fourth-order valence-electron chi connectivity index (χ4n) is 3.45. The second-order valence-electron chi connectivity index (χ2n) is 6.98. The average Bonchev–Trinajstić information content (AvgIpc) is 2.70. The standard InChI is InChI=1S/C21H28N6O2/c1-3-28-18-9-15(10-19(11-18)29-4-2)14-27-7-5-17(6-8-27)25-21-24-13-16(12-22)20(23)26-21/h9-11,13,17H,3-8,14H2,1-2H3,(H3,23,24,25,26). The zero-order chi connectivity index (χ0) is 20.6. The number of hydrogen-bond donors (Lipinski definition) is 2. The monoisotopic (exact) mass is 396 g/mol. The number of piperidine rings is 1. The van der Waals surface area contributed by atoms with E-state index in [2.05, 4.69) is 32.3 Å². The largest absolute Gasteiger partial charge is 0.494 e. The van der Waals surface area contributed by atoms with Crippen LogP contribution in [0.4, 0.5) is 11.8 Å². The van der Waals surface area contributed by atoms with Crippen molar-refractivity contribution in [3.63, 3.8) is 0 Å². The maximum absolute atomic E-state index is 8.92. The van der Waals surface area contributed by atoms with E-state index in [1.165, 1.54) is 11.8 Å². The SMILES string of the molecule is CCOc1cc(CN2CCC(Nc3ncc(C#N)c(N)n3)CC2)cc(OCC)c1. The van der Waals surface area contributed by atoms with Crippen molar-refractivity contribution >= 4 is 11.8 Å². The minimum Gasteiger partial charge on any atom is -0.494 e. The van der Waals surface area contributed by atoms with E-state index in [9.17, 15) is 0 Å². The van der Waals surface area contributed by atoms with Crippen LogP contribution in [0.25, 0.3) is 0 Å². The van der Waals surface area contributed by atoms with Crippen LogP contribution >= 0.6 is 0 Å². The Bertz CT molecular complexity index is 834. The van der Waals surface area contributed by atoms with Gasteiger partial charge in [0, 0.05) is 31.7 Å². The number of nitrogen functional groups attached to an aromatic ring is 1. The fraction of sp³-hybridized carbons (Fsp3) is 0.476. The van der Waals surface area contributed by atoms with Gasteiger partial charge in [-0.1, -0.05) is 0 Å². The number of ether oxygens (including phenoxy) is 2. The molecule has 2 aromatic rings. The van der Waals surface area contributed by atoms with Crippen LogP contribution in [0.5, 0.6) is 11.5 Å². The molecule has 0 saturated carbocycles. The first kappa shape index (κ1) is 20.7. The Kier molecular flexibility index (Phi) is 7.09. The number of nitrogens with zero attached hydrogens (tertiary/aromatic N) is 4. The van der Waals surface area contributed by atoms with Crippen molar-refractivity contribution in [2.24, 2.45) is 0 Å². The van der Waals surface area contributed by atoms with Crippen LogP contribution in [0, 0.1) is 11.3 Å². The number of nitrogens with two attached hydrogens (primary N) is 1. The van der Waals surface area contributed by atoms with Crippen molar-refractivity contribution in [1.82, 2.24) is 14.9 Å². The molecule has 3 N–H and O–H groups in total. The number of nitriles is 1. The molecule has 8 nitrogen and oxygen atoms in total. The highest BCUT2D eigenvalue weighted by molar-refractivity contribution is 5.49. The summed E-state index contributed by atoms with van der Waals surface area (Å²) in [6.45, 7) is 8.01. The molecule has 154 valence electrons. The van der Waals surface area contributed by atoms with Gasteiger partial charge < -0.3 is 20.5 Å². The van der Waals surface area contributed by atoms with Crippen LogP contribution in [-0.2, 0) is 6.54 Å². The molecule has 0 bridgehead atoms. The second-order valence-corrected chi connectivity index (χ2v) is 6.98. The Balaban J connectivity index is 1.55. The number of rotatable bonds is 8. The fourth-order valence-corrected chi connectivity index (χ4v) is 3.45. The molecule has 29 heavy (non-hydrogen) atoms. The molecule has 2 heterocycles. The Labute approximate surface area is 171 Å². The van der Waals surface area contributed by atoms with Gasteiger partial charge in [0.2, 0.25) is 5.95 Å². The molecular weight excluding hydrogens is 368 g/mol. The van der Waals surface area contributed by atoms with Crippen molar-refractivity contribution < 1.29 is 9.47 Å². The number of nitrogens with one attached hydrogen (secondary N) is 1. The van der Waals surface area contributed by atoms with Crippen LogP contribution < -0.4 is 20.5 Å². The van der Waals surface area contributed by atoms with E-state index in [1.807, 2.05) is 26.0 Å². The Morgan fingerprint density at radius 3 is 2.38 bits per heavy atom. The molecule has 0 atom stereocenters. The summed E-state index contributed by atoms with van der Waals surface area (Å²) in [4.78, 5) is 10.8. The van der Waals surface area contributed by atoms with Crippen LogP contribution in [0.3, 0.4) is 0 Å². The number of anilines is 2. The summed E-state index contributed by atoms with van der Waals surface area (Å²) < 4.78 is 11.4. The van der Waals surface area contributed by atoms with E-state index in [0.717, 1.165) is 44.0 Å². The van der Waals surface area contributed by atoms with Gasteiger partial charge in [0.25, 0.3) is 0 Å². The van der Waals surface area contributed by atoms with E-state index in [1.54, 1.807) is 0 Å². The van der Waals surface area contributed by atoms with Crippen molar-refractivity contribution in [2.45, 2.75) is 39.3 Å². The third-order valence-corrected chi connectivity index (χ3v) is 4.83. The molecule has 1 aromatic heterocycles. The maximum atomic E-state index is 8.92. The van der Waals surface area contributed by atoms with Gasteiger partial charge in [-0.25, -0.2) is 4.98 Å². The van der Waals surface area contributed by atoms with Crippen molar-refractivity contribution in [1.29, 1.82) is 5.26 Å². The molecule has 3 rings (SSSR count). The summed E-state index contributed by atoms with van der Waals surface area (Å²) in [5.74, 6) is 2.38. The molecule has 1 aliphatic heterocycles. The normalized spacial score (nSPS) is 14.9. The zero-order valence-electron chi connectivity index (χ0n) is 17.0. The molecule has 0 unspecified atom stereocenters. The first-order valence-electron chi connectivity index (χ1n) is 10.0. The smallest absolute Gasteiger partial charge is 0.224 e. The highest BCUT2D eigenvalue weighted by Crippen LogP contribution is 2.25. The molecule has 1 fully saturated rings. The average molecular weight is 396 g/mol. The van der Waals surface area contributed by atoms with Gasteiger partial charge in [-0.15, -0.1) is 0 Å². The Morgan fingerprint density at radius 1 is 1.17 bits per heavy atom. The van der Waals surface area contributed by atoms with Crippen LogP contribution in [0.15, 0.2) is 24.4 Å². The van der Waals surface area contributed by atoms with Gasteiger partial charge in [-0.05, 0) is 44.4 Å². The molecule has 0 amide bonds. The van der Waals surface area contributed by atoms with Crippen molar-refractivity contribution in [3.8, 4) is 17.6 Å². The minimum atomic E-state index is 0.210. The predicted molar refractivity (Wildman–Crippen MR) is 112 cm³/mol. The van der Waals surface area contributed by atoms with E-state index in [4.69, 9.17) is 20.5 Å². The van der Waals surface area contributed by atoms with Gasteiger partial charge in [-0.3, -0.25) is 4.90 Å². The van der Waals surface area contributed by atoms with Crippen LogP contribution in [0.1, 0.15) is 37.8 Å². The van der Waals surface area contributed by atoms with Gasteiger partial charge >= 0.3 is 0 Å². The summed E-state index contributed by atoms with van der Waals surface area (Å²) >= 11 is 0. The Hall–Kier alpha value is -3.05. The summed E-state index contributed by atoms with van der Waals surface area (Å²) in [6.07, 6.45) is 3.42. The van der Waals surface area contributed by atoms with Crippen molar-refractivity contribution in [2.75, 3.05) is 37.4 Å². The van der Waals surface area contributed by atoms with E-state index in [-0.39, 0.29) is 11.9 Å². The molecule has 0 radical (unpaired) electrons. The first-order valence-corrected chi connectivity index (χ1v) is 10.0. The quantitative estimate of drug-likeness (QED) is 0.701. The topological polar surface area (TPSA) is 109 Å². The van der Waals surface area contributed by atoms with Gasteiger partial charge in [0.1, 0.15) is 28.9 Å². The summed E-state index contributed by atoms with van der Waals surface area (Å²) in [6, 6.07) is 8.38. The van der Waals surface area contributed by atoms with E-state index < -0.39 is 0 Å². The van der Waals surface area contributed by atoms with Crippen molar-refractivity contribution in [3.05, 3.63) is 35.5 Å². The number of benzene rings is 1. The van der Waals surface area contributed by atoms with Gasteiger partial charge in [0.15, 0.2) is 0 Å². The first-order chi connectivity index (χ1) is 14.1. The highest BCUT2D eigenvalue weighted by Gasteiger charge is 2.20. The molecule has 1 aliphatic rings. The molecule has 0 spiro atoms. The predicted octanol–water partition coefficient (Wildman–Crippen LogP) is 2.80. The lowest BCUT2D eigenvalue weighted by Gasteiger charge is -2.32. The third kappa shape index (κ3) is 5.72. The van der Waals surface area contributed by atoms with Crippen LogP contribution in [0.2, 0.25) is 0 Å². The second kappa shape index (κ2) is 9.94. The van der Waals surface area contributed by atoms with Gasteiger partial charge in [0.05, 0.1) is 19.4 Å². The lowest BCUT2D eigenvalue weighted by atomic mass is 10.0. The number of likely N-dealkylation sites (tertiary alicyclic amines) is 1. The molecule has 1 saturated heterocycles. The maximum Gasteiger partial charge on any atom is 0.224 e. The lowest BCUT2D eigenvalue weighted by molar-refractivity contribution is 0.210. The molecule has 8 heteroatoms. The summed E-state index contributed by atoms with van der Waals surface area (Å²) in [7, 11) is 0. The van der Waals surface area contributed by atoms with Gasteiger partial charge in [-0.2, -0.15) is 10.2 Å². The Morgan fingerprint density at radius 2 is 1.83 bits per heavy atom. The lowest BCUT2D eigenvalue weighted by Crippen LogP contribution is -2.39. The number of hydrogen-bond acceptors (Lipinski definition) is 8.